The zero-order chi connectivity index (χ0) is 20.9. The van der Waals surface area contributed by atoms with Crippen LogP contribution in [0.1, 0.15) is 73.6 Å². The van der Waals surface area contributed by atoms with Crippen LogP contribution < -0.4 is 0 Å². The minimum atomic E-state index is -1.94. The molecule has 28 heavy (non-hydrogen) atoms. The first-order chi connectivity index (χ1) is 13.0. The highest BCUT2D eigenvalue weighted by Gasteiger charge is 2.60. The Morgan fingerprint density at radius 3 is 1.96 bits per heavy atom. The van der Waals surface area contributed by atoms with E-state index < -0.39 is 19.9 Å². The second kappa shape index (κ2) is 8.07. The van der Waals surface area contributed by atoms with Gasteiger partial charge in [-0.25, -0.2) is 4.79 Å². The minimum Gasteiger partial charge on any atom is -0.454 e. The van der Waals surface area contributed by atoms with Gasteiger partial charge in [-0.05, 0) is 66.5 Å². The third kappa shape index (κ3) is 3.74. The molecule has 0 aliphatic heterocycles. The molecule has 0 spiro atoms. The molecule has 0 radical (unpaired) electrons. The van der Waals surface area contributed by atoms with Gasteiger partial charge in [0.2, 0.25) is 0 Å². The molecule has 4 aliphatic rings. The number of ether oxygens (including phenoxy) is 1. The molecule has 3 atom stereocenters. The molecule has 0 aromatic rings. The summed E-state index contributed by atoms with van der Waals surface area (Å²) >= 11 is 5.90. The van der Waals surface area contributed by atoms with Crippen molar-refractivity contribution in [3.63, 3.8) is 0 Å². The van der Waals surface area contributed by atoms with Crippen LogP contribution in [0.2, 0.25) is 16.6 Å². The fraction of sp³-hybridized carbons (Fsp3) is 0.870. The van der Waals surface area contributed by atoms with Crippen molar-refractivity contribution in [3.8, 4) is 0 Å². The summed E-state index contributed by atoms with van der Waals surface area (Å²) in [5, 5.41) is -0.00863. The predicted molar refractivity (Wildman–Crippen MR) is 118 cm³/mol. The molecule has 0 aromatic heterocycles. The second-order valence-corrected chi connectivity index (χ2v) is 16.6. The summed E-state index contributed by atoms with van der Waals surface area (Å²) in [6, 6.07) is 0. The lowest BCUT2D eigenvalue weighted by atomic mass is 9.50. The Kier molecular flexibility index (Phi) is 6.45. The molecule has 4 saturated carbocycles. The van der Waals surface area contributed by atoms with E-state index >= 15 is 0 Å². The molecule has 3 nitrogen and oxygen atoms in total. The van der Waals surface area contributed by atoms with E-state index in [1.54, 1.807) is 0 Å². The molecule has 4 bridgehead atoms. The minimum absolute atomic E-state index is 0.00863. The zero-order valence-corrected chi connectivity index (χ0v) is 20.3. The monoisotopic (exact) mass is 426 g/mol. The van der Waals surface area contributed by atoms with Gasteiger partial charge in [-0.15, -0.1) is 0 Å². The Balaban J connectivity index is 1.86. The van der Waals surface area contributed by atoms with Crippen LogP contribution >= 0.6 is 11.6 Å². The summed E-state index contributed by atoms with van der Waals surface area (Å²) in [7, 11) is -1.94. The lowest BCUT2D eigenvalue weighted by Gasteiger charge is -2.60. The summed E-state index contributed by atoms with van der Waals surface area (Å²) in [6.07, 6.45) is 5.79. The molecular weight excluding hydrogens is 388 g/mol. The molecule has 4 rings (SSSR count). The lowest BCUT2D eigenvalue weighted by molar-refractivity contribution is -0.209. The van der Waals surface area contributed by atoms with E-state index in [1.807, 2.05) is 0 Å². The normalized spacial score (nSPS) is 34.5. The van der Waals surface area contributed by atoms with Gasteiger partial charge in [0.1, 0.15) is 10.6 Å². The van der Waals surface area contributed by atoms with Crippen molar-refractivity contribution in [2.45, 2.75) is 95.9 Å². The third-order valence-electron chi connectivity index (χ3n) is 8.19. The predicted octanol–water partition coefficient (Wildman–Crippen LogP) is 6.67. The average Bonchev–Trinajstić information content (AvgIpc) is 2.55. The van der Waals surface area contributed by atoms with Crippen molar-refractivity contribution in [2.24, 2.45) is 23.7 Å². The molecule has 5 heteroatoms. The van der Waals surface area contributed by atoms with Gasteiger partial charge in [-0.1, -0.05) is 59.7 Å². The van der Waals surface area contributed by atoms with Gasteiger partial charge in [0, 0.05) is 12.5 Å². The van der Waals surface area contributed by atoms with Crippen LogP contribution in [0.25, 0.3) is 0 Å². The van der Waals surface area contributed by atoms with Crippen molar-refractivity contribution in [2.75, 3.05) is 6.61 Å². The van der Waals surface area contributed by atoms with Gasteiger partial charge in [-0.3, -0.25) is 0 Å². The maximum Gasteiger partial charge on any atom is 0.349 e. The highest BCUT2D eigenvalue weighted by molar-refractivity contribution is 6.77. The van der Waals surface area contributed by atoms with E-state index in [2.05, 4.69) is 48.1 Å². The Morgan fingerprint density at radius 1 is 1.04 bits per heavy atom. The van der Waals surface area contributed by atoms with E-state index in [0.717, 1.165) is 19.4 Å². The molecule has 160 valence electrons. The summed E-state index contributed by atoms with van der Waals surface area (Å²) in [6.45, 7) is 18.3. The largest absolute Gasteiger partial charge is 0.454 e. The van der Waals surface area contributed by atoms with Crippen LogP contribution in [0.3, 0.4) is 0 Å². The summed E-state index contributed by atoms with van der Waals surface area (Å²) in [4.78, 5) is 12.4. The fourth-order valence-electron chi connectivity index (χ4n) is 7.49. The smallest absolute Gasteiger partial charge is 0.349 e. The maximum absolute atomic E-state index is 12.4. The average molecular weight is 427 g/mol. The first-order valence-corrected chi connectivity index (χ1v) is 13.7. The number of carbonyl (C=O) groups excluding carboxylic acids is 1. The first kappa shape index (κ1) is 22.4. The molecule has 4 fully saturated rings. The quantitative estimate of drug-likeness (QED) is 0.247. The van der Waals surface area contributed by atoms with Crippen molar-refractivity contribution >= 4 is 25.9 Å². The molecule has 3 unspecified atom stereocenters. The number of hydrogen-bond acceptors (Lipinski definition) is 3. The Bertz CT molecular complexity index is 579. The second-order valence-electron chi connectivity index (χ2n) is 10.7. The molecule has 0 amide bonds. The van der Waals surface area contributed by atoms with Crippen LogP contribution in [0.4, 0.5) is 0 Å². The van der Waals surface area contributed by atoms with Crippen LogP contribution in [0, 0.1) is 23.7 Å². The number of esters is 1. The molecule has 0 heterocycles. The maximum atomic E-state index is 12.4. The van der Waals surface area contributed by atoms with Crippen LogP contribution in [0.15, 0.2) is 11.6 Å². The highest BCUT2D eigenvalue weighted by atomic mass is 35.5. The third-order valence-corrected chi connectivity index (χ3v) is 14.4. The van der Waals surface area contributed by atoms with Crippen LogP contribution in [-0.4, -0.2) is 26.5 Å². The van der Waals surface area contributed by atoms with E-state index in [4.69, 9.17) is 20.8 Å². The Hall–Kier alpha value is -0.323. The van der Waals surface area contributed by atoms with Crippen molar-refractivity contribution in [1.82, 2.24) is 0 Å². The van der Waals surface area contributed by atoms with Gasteiger partial charge >= 0.3 is 5.97 Å². The summed E-state index contributed by atoms with van der Waals surface area (Å²) < 4.78 is 13.1. The van der Waals surface area contributed by atoms with Gasteiger partial charge < -0.3 is 9.16 Å². The van der Waals surface area contributed by atoms with Crippen molar-refractivity contribution in [3.05, 3.63) is 11.6 Å². The topological polar surface area (TPSA) is 35.5 Å². The first-order valence-electron chi connectivity index (χ1n) is 11.2. The summed E-state index contributed by atoms with van der Waals surface area (Å²) in [5.41, 5.74) is 1.29. The van der Waals surface area contributed by atoms with Gasteiger partial charge in [0.15, 0.2) is 8.32 Å². The van der Waals surface area contributed by atoms with Crippen molar-refractivity contribution < 1.29 is 14.0 Å². The standard InChI is InChI=1S/C23H39ClO3Si/c1-14(2)28(15(3)4,16(5)6)26-13-21-20-9-18-8-19(10-20)12-23(21,11-18)27-22(25)17(7)24/h14-16,18-21H,7-13H2,1-6H3. The fourth-order valence-corrected chi connectivity index (χ4v) is 13.0. The highest BCUT2D eigenvalue weighted by Crippen LogP contribution is 2.60. The molecule has 0 saturated heterocycles. The van der Waals surface area contributed by atoms with E-state index in [1.165, 1.54) is 19.3 Å². The SMILES string of the molecule is C=C(Cl)C(=O)OC12CC3CC(CC(C3)C1CO[Si](C(C)C)(C(C)C)C(C)C)C2. The number of carbonyl (C=O) groups is 1. The van der Waals surface area contributed by atoms with E-state index in [9.17, 15) is 4.79 Å². The summed E-state index contributed by atoms with van der Waals surface area (Å²) in [5.74, 6) is 1.85. The Morgan fingerprint density at radius 2 is 1.54 bits per heavy atom. The van der Waals surface area contributed by atoms with Crippen LogP contribution in [-0.2, 0) is 14.0 Å². The number of hydrogen-bond donors (Lipinski definition) is 0. The Labute approximate surface area is 177 Å². The van der Waals surface area contributed by atoms with Crippen molar-refractivity contribution in [1.29, 1.82) is 0 Å². The molecule has 0 aromatic carbocycles. The molecular formula is C23H39ClO3Si. The number of halogens is 1. The molecule has 0 N–H and O–H groups in total. The zero-order valence-electron chi connectivity index (χ0n) is 18.6. The van der Waals surface area contributed by atoms with Gasteiger partial charge in [0.05, 0.1) is 0 Å². The van der Waals surface area contributed by atoms with Gasteiger partial charge in [-0.2, -0.15) is 0 Å². The number of rotatable bonds is 8. The lowest BCUT2D eigenvalue weighted by Crippen LogP contribution is -2.61. The van der Waals surface area contributed by atoms with Gasteiger partial charge in [0.25, 0.3) is 0 Å². The van der Waals surface area contributed by atoms with E-state index in [0.29, 0.717) is 40.3 Å². The van der Waals surface area contributed by atoms with E-state index in [-0.39, 0.29) is 5.03 Å². The van der Waals surface area contributed by atoms with Crippen LogP contribution in [0.5, 0.6) is 0 Å². The molecule has 4 aliphatic carbocycles.